The van der Waals surface area contributed by atoms with E-state index in [1.807, 2.05) is 6.08 Å². The topological polar surface area (TPSA) is 57.5 Å². The van der Waals surface area contributed by atoms with Gasteiger partial charge >= 0.3 is 5.97 Å². The van der Waals surface area contributed by atoms with E-state index in [1.54, 1.807) is 0 Å². The maximum atomic E-state index is 10.9. The molecule has 3 nitrogen and oxygen atoms in total. The van der Waals surface area contributed by atoms with Crippen molar-refractivity contribution in [3.8, 4) is 0 Å². The van der Waals surface area contributed by atoms with Crippen molar-refractivity contribution < 1.29 is 15.0 Å². The van der Waals surface area contributed by atoms with Gasteiger partial charge in [0.25, 0.3) is 0 Å². The van der Waals surface area contributed by atoms with Crippen molar-refractivity contribution in [3.63, 3.8) is 0 Å². The van der Waals surface area contributed by atoms with Crippen molar-refractivity contribution in [1.29, 1.82) is 0 Å². The smallest absolute Gasteiger partial charge is 0.306 e. The van der Waals surface area contributed by atoms with Crippen LogP contribution in [-0.4, -0.2) is 21.8 Å². The van der Waals surface area contributed by atoms with Gasteiger partial charge in [-0.1, -0.05) is 19.9 Å². The van der Waals surface area contributed by atoms with Crippen LogP contribution in [0.3, 0.4) is 0 Å². The fraction of sp³-hybridized carbons (Fsp3) is 0.769. The summed E-state index contributed by atoms with van der Waals surface area (Å²) in [6, 6.07) is 0. The first-order valence-corrected chi connectivity index (χ1v) is 5.87. The zero-order chi connectivity index (χ0) is 12.2. The number of fused-ring (bicyclic) bond motifs is 2. The van der Waals surface area contributed by atoms with Crippen LogP contribution in [0.2, 0.25) is 0 Å². The molecule has 0 heterocycles. The third-order valence-electron chi connectivity index (χ3n) is 5.26. The van der Waals surface area contributed by atoms with E-state index in [0.717, 1.165) is 12.8 Å². The number of hydrogen-bond acceptors (Lipinski definition) is 2. The Morgan fingerprint density at radius 2 is 2.19 bits per heavy atom. The first-order valence-electron chi connectivity index (χ1n) is 5.87. The van der Waals surface area contributed by atoms with Gasteiger partial charge in [0, 0.05) is 5.41 Å². The van der Waals surface area contributed by atoms with Gasteiger partial charge in [-0.05, 0) is 30.6 Å². The number of aliphatic carboxylic acids is 1. The highest BCUT2D eigenvalue weighted by Gasteiger charge is 2.69. The van der Waals surface area contributed by atoms with Gasteiger partial charge in [0.2, 0.25) is 0 Å². The molecule has 0 aromatic carbocycles. The Morgan fingerprint density at radius 3 is 2.62 bits per heavy atom. The second-order valence-corrected chi connectivity index (χ2v) is 5.94. The summed E-state index contributed by atoms with van der Waals surface area (Å²) in [6.07, 6.45) is 4.17. The zero-order valence-electron chi connectivity index (χ0n) is 9.99. The molecule has 0 unspecified atom stereocenters. The summed E-state index contributed by atoms with van der Waals surface area (Å²) >= 11 is 0. The van der Waals surface area contributed by atoms with E-state index in [0.29, 0.717) is 12.3 Å². The molecule has 90 valence electrons. The minimum atomic E-state index is -1.10. The maximum Gasteiger partial charge on any atom is 0.306 e. The third-order valence-corrected chi connectivity index (χ3v) is 5.26. The van der Waals surface area contributed by atoms with E-state index in [2.05, 4.69) is 20.4 Å². The normalized spacial score (nSPS) is 44.6. The molecule has 2 fully saturated rings. The summed E-state index contributed by atoms with van der Waals surface area (Å²) < 4.78 is 0. The number of aliphatic hydroxyl groups is 1. The van der Waals surface area contributed by atoms with Crippen LogP contribution in [0.4, 0.5) is 0 Å². The van der Waals surface area contributed by atoms with E-state index >= 15 is 0 Å². The van der Waals surface area contributed by atoms with Crippen LogP contribution in [0.25, 0.3) is 0 Å². The molecule has 2 aliphatic rings. The molecule has 2 N–H and O–H groups in total. The summed E-state index contributed by atoms with van der Waals surface area (Å²) in [4.78, 5) is 10.9. The molecule has 3 atom stereocenters. The van der Waals surface area contributed by atoms with Crippen molar-refractivity contribution in [2.24, 2.45) is 16.7 Å². The number of carboxylic acids is 1. The van der Waals surface area contributed by atoms with Crippen LogP contribution in [-0.2, 0) is 4.79 Å². The molecule has 0 radical (unpaired) electrons. The largest absolute Gasteiger partial charge is 0.481 e. The molecule has 3 heteroatoms. The predicted octanol–water partition coefficient (Wildman–Crippen LogP) is 2.20. The van der Waals surface area contributed by atoms with Gasteiger partial charge in [0.1, 0.15) is 0 Å². The highest BCUT2D eigenvalue weighted by atomic mass is 16.4. The summed E-state index contributed by atoms with van der Waals surface area (Å²) in [6.45, 7) is 8.12. The lowest BCUT2D eigenvalue weighted by Gasteiger charge is -2.45. The molecule has 2 rings (SSSR count). The molecule has 0 amide bonds. The molecule has 0 aromatic rings. The lowest BCUT2D eigenvalue weighted by molar-refractivity contribution is -0.149. The van der Waals surface area contributed by atoms with Crippen LogP contribution in [0, 0.1) is 16.7 Å². The minimum absolute atomic E-state index is 0.0427. The number of carboxylic acid groups (broad SMARTS) is 1. The first-order chi connectivity index (χ1) is 7.29. The van der Waals surface area contributed by atoms with Gasteiger partial charge in [-0.3, -0.25) is 4.79 Å². The van der Waals surface area contributed by atoms with Crippen molar-refractivity contribution in [2.75, 3.05) is 0 Å². The lowest BCUT2D eigenvalue weighted by atomic mass is 9.62. The third kappa shape index (κ3) is 1.10. The maximum absolute atomic E-state index is 10.9. The van der Waals surface area contributed by atoms with E-state index in [-0.39, 0.29) is 11.8 Å². The minimum Gasteiger partial charge on any atom is -0.481 e. The van der Waals surface area contributed by atoms with Gasteiger partial charge in [0.15, 0.2) is 0 Å². The van der Waals surface area contributed by atoms with Gasteiger partial charge in [0.05, 0.1) is 12.0 Å². The SMILES string of the molecule is C=C[C@]12CC[C@H](C[C@]1(O)CC(=O)O)C2(C)C. The molecule has 0 aromatic heterocycles. The van der Waals surface area contributed by atoms with Crippen LogP contribution < -0.4 is 0 Å². The first kappa shape index (κ1) is 11.6. The Balaban J connectivity index is 2.45. The van der Waals surface area contributed by atoms with Gasteiger partial charge in [-0.25, -0.2) is 0 Å². The fourth-order valence-electron chi connectivity index (χ4n) is 4.26. The second kappa shape index (κ2) is 3.10. The molecule has 0 aliphatic heterocycles. The molecule has 2 bridgehead atoms. The predicted molar refractivity (Wildman–Crippen MR) is 61.0 cm³/mol. The zero-order valence-corrected chi connectivity index (χ0v) is 9.99. The van der Waals surface area contributed by atoms with Gasteiger partial charge in [-0.15, -0.1) is 6.58 Å². The summed E-state index contributed by atoms with van der Waals surface area (Å²) in [5.74, 6) is -0.512. The van der Waals surface area contributed by atoms with E-state index in [9.17, 15) is 9.90 Å². The van der Waals surface area contributed by atoms with Crippen molar-refractivity contribution >= 4 is 5.97 Å². The summed E-state index contributed by atoms with van der Waals surface area (Å²) in [5, 5.41) is 19.6. The lowest BCUT2D eigenvalue weighted by Crippen LogP contribution is -2.49. The molecular formula is C13H20O3. The highest BCUT2D eigenvalue weighted by molar-refractivity contribution is 5.69. The highest BCUT2D eigenvalue weighted by Crippen LogP contribution is 2.71. The Morgan fingerprint density at radius 1 is 1.56 bits per heavy atom. The molecule has 0 saturated heterocycles. The quantitative estimate of drug-likeness (QED) is 0.722. The van der Waals surface area contributed by atoms with Gasteiger partial charge in [-0.2, -0.15) is 0 Å². The molecule has 2 saturated carbocycles. The number of carbonyl (C=O) groups is 1. The van der Waals surface area contributed by atoms with E-state index in [1.165, 1.54) is 0 Å². The average Bonchev–Trinajstić information content (AvgIpc) is 2.46. The Kier molecular flexibility index (Phi) is 2.26. The summed E-state index contributed by atoms with van der Waals surface area (Å²) in [7, 11) is 0. The van der Waals surface area contributed by atoms with Gasteiger partial charge < -0.3 is 10.2 Å². The Labute approximate surface area is 96.2 Å². The molecule has 2 aliphatic carbocycles. The van der Waals surface area contributed by atoms with E-state index in [4.69, 9.17) is 5.11 Å². The fourth-order valence-corrected chi connectivity index (χ4v) is 4.26. The number of rotatable bonds is 3. The Bertz CT molecular complexity index is 347. The van der Waals surface area contributed by atoms with Crippen molar-refractivity contribution in [1.82, 2.24) is 0 Å². The average molecular weight is 224 g/mol. The van der Waals surface area contributed by atoms with Crippen LogP contribution in [0.15, 0.2) is 12.7 Å². The monoisotopic (exact) mass is 224 g/mol. The second-order valence-electron chi connectivity index (χ2n) is 5.94. The van der Waals surface area contributed by atoms with Crippen molar-refractivity contribution in [3.05, 3.63) is 12.7 Å². The summed E-state index contributed by atoms with van der Waals surface area (Å²) in [5.41, 5.74) is -1.57. The molecule has 0 spiro atoms. The van der Waals surface area contributed by atoms with Crippen LogP contribution in [0.1, 0.15) is 39.5 Å². The van der Waals surface area contributed by atoms with Crippen LogP contribution >= 0.6 is 0 Å². The number of hydrogen-bond donors (Lipinski definition) is 2. The molecule has 16 heavy (non-hydrogen) atoms. The molecular weight excluding hydrogens is 204 g/mol. The Hall–Kier alpha value is -0.830. The van der Waals surface area contributed by atoms with Crippen LogP contribution in [0.5, 0.6) is 0 Å². The standard InChI is InChI=1S/C13H20O3/c1-4-12-6-5-9(11(12,2)3)7-13(12,16)8-10(14)15/h4,9,16H,1,5-8H2,2-3H3,(H,14,15)/t9-,12-,13+/m1/s1. The van der Waals surface area contributed by atoms with E-state index < -0.39 is 17.0 Å². The van der Waals surface area contributed by atoms with Crippen molar-refractivity contribution in [2.45, 2.75) is 45.1 Å².